The van der Waals surface area contributed by atoms with Crippen LogP contribution in [0.25, 0.3) is 0 Å². The van der Waals surface area contributed by atoms with Crippen molar-refractivity contribution in [2.45, 2.75) is 71.2 Å². The normalized spacial score (nSPS) is 25.2. The van der Waals surface area contributed by atoms with Crippen molar-refractivity contribution in [3.05, 3.63) is 0 Å². The molecule has 0 aromatic rings. The van der Waals surface area contributed by atoms with Gasteiger partial charge in [-0.25, -0.2) is 0 Å². The van der Waals surface area contributed by atoms with Gasteiger partial charge in [-0.2, -0.15) is 0 Å². The van der Waals surface area contributed by atoms with Crippen molar-refractivity contribution in [2.24, 2.45) is 0 Å². The van der Waals surface area contributed by atoms with Crippen LogP contribution in [0.5, 0.6) is 0 Å². The molecule has 3 unspecified atom stereocenters. The first-order valence-corrected chi connectivity index (χ1v) is 7.08. The summed E-state index contributed by atoms with van der Waals surface area (Å²) < 4.78 is 5.47. The van der Waals surface area contributed by atoms with E-state index in [1.165, 1.54) is 25.8 Å². The van der Waals surface area contributed by atoms with E-state index < -0.39 is 0 Å². The molecule has 0 amide bonds. The molecule has 0 saturated carbocycles. The summed E-state index contributed by atoms with van der Waals surface area (Å²) in [7, 11) is 1.80. The summed E-state index contributed by atoms with van der Waals surface area (Å²) >= 11 is 0. The zero-order valence-electron chi connectivity index (χ0n) is 12.2. The second-order valence-electron chi connectivity index (χ2n) is 5.62. The average molecular weight is 242 g/mol. The summed E-state index contributed by atoms with van der Waals surface area (Å²) in [5, 5.41) is 3.63. The molecule has 1 aliphatic heterocycles. The monoisotopic (exact) mass is 242 g/mol. The molecule has 1 saturated heterocycles. The Hall–Kier alpha value is -0.120. The fourth-order valence-electron chi connectivity index (χ4n) is 2.65. The summed E-state index contributed by atoms with van der Waals surface area (Å²) in [6.45, 7) is 11.3. The smallest absolute Gasteiger partial charge is 0.0695 e. The van der Waals surface area contributed by atoms with E-state index in [2.05, 4.69) is 37.9 Å². The van der Waals surface area contributed by atoms with E-state index >= 15 is 0 Å². The second-order valence-corrected chi connectivity index (χ2v) is 5.62. The van der Waals surface area contributed by atoms with Crippen LogP contribution in [0.2, 0.25) is 0 Å². The summed E-state index contributed by atoms with van der Waals surface area (Å²) in [5.74, 6) is 0. The molecule has 102 valence electrons. The minimum atomic E-state index is 0.293. The molecule has 1 N–H and O–H groups in total. The van der Waals surface area contributed by atoms with E-state index in [1.54, 1.807) is 7.11 Å². The quantitative estimate of drug-likeness (QED) is 0.773. The Morgan fingerprint density at radius 1 is 1.24 bits per heavy atom. The van der Waals surface area contributed by atoms with Crippen LogP contribution in [0.4, 0.5) is 0 Å². The third kappa shape index (κ3) is 4.57. The molecule has 0 aromatic carbocycles. The third-order valence-electron chi connectivity index (χ3n) is 4.08. The van der Waals surface area contributed by atoms with Gasteiger partial charge >= 0.3 is 0 Å². The summed E-state index contributed by atoms with van der Waals surface area (Å²) in [6, 6.07) is 1.72. The molecule has 3 heteroatoms. The van der Waals surface area contributed by atoms with E-state index in [0.29, 0.717) is 24.2 Å². The number of hydrogen-bond acceptors (Lipinski definition) is 3. The first-order valence-electron chi connectivity index (χ1n) is 7.08. The predicted octanol–water partition coefficient (Wildman–Crippen LogP) is 2.26. The molecule has 1 fully saturated rings. The lowest BCUT2D eigenvalue weighted by molar-refractivity contribution is 0.0143. The van der Waals surface area contributed by atoms with Gasteiger partial charge in [0.25, 0.3) is 0 Å². The lowest BCUT2D eigenvalue weighted by Gasteiger charge is -2.39. The van der Waals surface area contributed by atoms with Gasteiger partial charge in [-0.05, 0) is 47.1 Å². The molecule has 1 rings (SSSR count). The van der Waals surface area contributed by atoms with Gasteiger partial charge < -0.3 is 10.1 Å². The predicted molar refractivity (Wildman–Crippen MR) is 73.4 cm³/mol. The number of rotatable bonds is 6. The molecule has 0 bridgehead atoms. The zero-order chi connectivity index (χ0) is 12.8. The van der Waals surface area contributed by atoms with E-state index in [0.717, 1.165) is 6.54 Å². The molecule has 17 heavy (non-hydrogen) atoms. The van der Waals surface area contributed by atoms with Crippen LogP contribution in [0.3, 0.4) is 0 Å². The van der Waals surface area contributed by atoms with Gasteiger partial charge in [0, 0.05) is 31.8 Å². The van der Waals surface area contributed by atoms with Gasteiger partial charge in [0.15, 0.2) is 0 Å². The Bertz CT molecular complexity index is 202. The van der Waals surface area contributed by atoms with Crippen LogP contribution in [0, 0.1) is 0 Å². The molecule has 0 spiro atoms. The first-order chi connectivity index (χ1) is 8.06. The SMILES string of the molecule is COC(C)C(C)N(CC1CCCCN1)C(C)C. The number of nitrogens with one attached hydrogen (secondary N) is 1. The Morgan fingerprint density at radius 3 is 2.41 bits per heavy atom. The lowest BCUT2D eigenvalue weighted by atomic mass is 10.0. The van der Waals surface area contributed by atoms with Gasteiger partial charge in [-0.3, -0.25) is 4.90 Å². The van der Waals surface area contributed by atoms with Crippen LogP contribution >= 0.6 is 0 Å². The third-order valence-corrected chi connectivity index (χ3v) is 4.08. The maximum atomic E-state index is 5.47. The number of hydrogen-bond donors (Lipinski definition) is 1. The van der Waals surface area contributed by atoms with Crippen LogP contribution < -0.4 is 5.32 Å². The highest BCUT2D eigenvalue weighted by atomic mass is 16.5. The number of ether oxygens (including phenoxy) is 1. The minimum Gasteiger partial charge on any atom is -0.380 e. The summed E-state index contributed by atoms with van der Waals surface area (Å²) in [6.07, 6.45) is 4.32. The first kappa shape index (κ1) is 14.9. The molecule has 0 radical (unpaired) electrons. The van der Waals surface area contributed by atoms with Gasteiger partial charge in [-0.1, -0.05) is 6.42 Å². The van der Waals surface area contributed by atoms with Crippen molar-refractivity contribution in [2.75, 3.05) is 20.2 Å². The van der Waals surface area contributed by atoms with Crippen LogP contribution in [-0.2, 0) is 4.74 Å². The lowest BCUT2D eigenvalue weighted by Crippen LogP contribution is -2.52. The fourth-order valence-corrected chi connectivity index (χ4v) is 2.65. The summed E-state index contributed by atoms with van der Waals surface area (Å²) in [5.41, 5.74) is 0. The summed E-state index contributed by atoms with van der Waals surface area (Å²) in [4.78, 5) is 2.57. The Kier molecular flexibility index (Phi) is 6.45. The Balaban J connectivity index is 2.52. The zero-order valence-corrected chi connectivity index (χ0v) is 12.2. The average Bonchev–Trinajstić information content (AvgIpc) is 2.35. The van der Waals surface area contributed by atoms with Crippen molar-refractivity contribution in [3.63, 3.8) is 0 Å². The maximum Gasteiger partial charge on any atom is 0.0695 e. The van der Waals surface area contributed by atoms with Crippen molar-refractivity contribution in [1.82, 2.24) is 10.2 Å². The minimum absolute atomic E-state index is 0.293. The van der Waals surface area contributed by atoms with E-state index in [9.17, 15) is 0 Å². The van der Waals surface area contributed by atoms with Crippen molar-refractivity contribution in [3.8, 4) is 0 Å². The highest BCUT2D eigenvalue weighted by Crippen LogP contribution is 2.15. The van der Waals surface area contributed by atoms with E-state index in [4.69, 9.17) is 4.74 Å². The van der Waals surface area contributed by atoms with Crippen molar-refractivity contribution >= 4 is 0 Å². The molecule has 1 aliphatic rings. The highest BCUT2D eigenvalue weighted by Gasteiger charge is 2.25. The largest absolute Gasteiger partial charge is 0.380 e. The standard InChI is InChI=1S/C14H30N2O/c1-11(2)16(12(3)13(4)17-5)10-14-8-6-7-9-15-14/h11-15H,6-10H2,1-5H3. The Morgan fingerprint density at radius 2 is 1.94 bits per heavy atom. The topological polar surface area (TPSA) is 24.5 Å². The van der Waals surface area contributed by atoms with E-state index in [-0.39, 0.29) is 0 Å². The van der Waals surface area contributed by atoms with Gasteiger partial charge in [0.1, 0.15) is 0 Å². The second kappa shape index (κ2) is 7.34. The Labute approximate surface area is 107 Å². The highest BCUT2D eigenvalue weighted by molar-refractivity contribution is 4.82. The van der Waals surface area contributed by atoms with Crippen LogP contribution in [0.1, 0.15) is 47.0 Å². The molecule has 1 heterocycles. The molecule has 0 aliphatic carbocycles. The molecular formula is C14H30N2O. The van der Waals surface area contributed by atoms with Crippen molar-refractivity contribution < 1.29 is 4.74 Å². The number of piperidine rings is 1. The van der Waals surface area contributed by atoms with Gasteiger partial charge in [0.2, 0.25) is 0 Å². The van der Waals surface area contributed by atoms with Gasteiger partial charge in [0.05, 0.1) is 6.10 Å². The van der Waals surface area contributed by atoms with Gasteiger partial charge in [-0.15, -0.1) is 0 Å². The number of methoxy groups -OCH3 is 1. The maximum absolute atomic E-state index is 5.47. The fraction of sp³-hybridized carbons (Fsp3) is 1.00. The molecular weight excluding hydrogens is 212 g/mol. The van der Waals surface area contributed by atoms with Crippen LogP contribution in [-0.4, -0.2) is 49.3 Å². The van der Waals surface area contributed by atoms with E-state index in [1.807, 2.05) is 0 Å². The molecule has 3 nitrogen and oxygen atoms in total. The molecule has 0 aromatic heterocycles. The van der Waals surface area contributed by atoms with Crippen LogP contribution in [0.15, 0.2) is 0 Å². The number of nitrogens with zero attached hydrogens (tertiary/aromatic N) is 1. The van der Waals surface area contributed by atoms with Crippen molar-refractivity contribution in [1.29, 1.82) is 0 Å². The molecule has 3 atom stereocenters.